The van der Waals surface area contributed by atoms with E-state index >= 15 is 0 Å². The molecule has 0 rings (SSSR count). The van der Waals surface area contributed by atoms with E-state index in [4.69, 9.17) is 4.74 Å². The Morgan fingerprint density at radius 2 is 1.26 bits per heavy atom. The molecule has 0 unspecified atom stereocenters. The molecule has 0 saturated carbocycles. The Morgan fingerprint density at radius 1 is 0.789 bits per heavy atom. The van der Waals surface area contributed by atoms with Gasteiger partial charge in [0.2, 0.25) is 0 Å². The molecule has 0 amide bonds. The van der Waals surface area contributed by atoms with E-state index in [-0.39, 0.29) is 21.1 Å². The standard InChI is InChI=1S/C13H27.C4H9O.Sn/c1-4-7-10-13(11-8-5-2)12-9-6-3;1-3-5-4-2;/h4-12H2,1-3H3;1,3-4H2,2H3;. The molecule has 19 heavy (non-hydrogen) atoms. The second-order valence-electron chi connectivity index (χ2n) is 5.71. The molecule has 0 fully saturated rings. The van der Waals surface area contributed by atoms with Crippen LogP contribution in [-0.4, -0.2) is 34.4 Å². The summed E-state index contributed by atoms with van der Waals surface area (Å²) in [7, 11) is 0. The summed E-state index contributed by atoms with van der Waals surface area (Å²) < 4.78 is 7.80. The first-order valence-electron chi connectivity index (χ1n) is 8.57. The molecule has 0 aliphatic carbocycles. The third-order valence-electron chi connectivity index (χ3n) is 3.98. The van der Waals surface area contributed by atoms with Crippen LogP contribution < -0.4 is 0 Å². The molecule has 0 aliphatic heterocycles. The first-order chi connectivity index (χ1) is 9.24. The molecule has 0 aromatic heterocycles. The van der Waals surface area contributed by atoms with Crippen LogP contribution >= 0.6 is 0 Å². The summed E-state index contributed by atoms with van der Waals surface area (Å²) in [5, 5.41) is 0. The number of rotatable bonds is 14. The van der Waals surface area contributed by atoms with Crippen molar-refractivity contribution in [1.82, 2.24) is 0 Å². The van der Waals surface area contributed by atoms with Gasteiger partial charge in [0.15, 0.2) is 0 Å². The molecular weight excluding hydrogens is 339 g/mol. The second-order valence-corrected chi connectivity index (χ2v) is 11.2. The molecule has 1 nitrogen and oxygen atoms in total. The van der Waals surface area contributed by atoms with Crippen molar-refractivity contribution in [1.29, 1.82) is 0 Å². The fourth-order valence-electron chi connectivity index (χ4n) is 2.72. The molecule has 0 spiro atoms. The van der Waals surface area contributed by atoms with Crippen LogP contribution in [0.15, 0.2) is 0 Å². The van der Waals surface area contributed by atoms with Gasteiger partial charge in [0.25, 0.3) is 0 Å². The number of unbranched alkanes of at least 4 members (excludes halogenated alkanes) is 3. The molecule has 2 radical (unpaired) electrons. The first-order valence-corrected chi connectivity index (χ1v) is 12.0. The molecule has 0 aliphatic rings. The van der Waals surface area contributed by atoms with Gasteiger partial charge in [0.1, 0.15) is 0 Å². The number of hydrogen-bond acceptors (Lipinski definition) is 1. The van der Waals surface area contributed by atoms with Gasteiger partial charge in [-0.2, -0.15) is 0 Å². The summed E-state index contributed by atoms with van der Waals surface area (Å²) in [6.07, 6.45) is 13.0. The minimum absolute atomic E-state index is 0.295. The van der Waals surface area contributed by atoms with Crippen LogP contribution in [0.3, 0.4) is 0 Å². The van der Waals surface area contributed by atoms with Gasteiger partial charge in [-0.05, 0) is 0 Å². The van der Waals surface area contributed by atoms with Gasteiger partial charge in [0.05, 0.1) is 0 Å². The maximum absolute atomic E-state index is 5.58. The van der Waals surface area contributed by atoms with Crippen LogP contribution in [0.1, 0.15) is 85.5 Å². The van der Waals surface area contributed by atoms with E-state index in [1.807, 2.05) is 0 Å². The van der Waals surface area contributed by atoms with E-state index < -0.39 is 0 Å². The molecule has 0 atom stereocenters. The predicted octanol–water partition coefficient (Wildman–Crippen LogP) is 5.87. The molecule has 0 heterocycles. The normalized spacial score (nSPS) is 12.0. The summed E-state index contributed by atoms with van der Waals surface area (Å²) >= 11 is -0.295. The minimum atomic E-state index is -0.295. The monoisotopic (exact) mass is 376 g/mol. The van der Waals surface area contributed by atoms with Crippen LogP contribution in [0.25, 0.3) is 0 Å². The fraction of sp³-hybridized carbons (Fsp3) is 1.00. The zero-order valence-electron chi connectivity index (χ0n) is 13.9. The predicted molar refractivity (Wildman–Crippen MR) is 88.3 cm³/mol. The van der Waals surface area contributed by atoms with Crippen molar-refractivity contribution < 1.29 is 4.74 Å². The number of hydrogen-bond donors (Lipinski definition) is 0. The van der Waals surface area contributed by atoms with Crippen molar-refractivity contribution in [3.63, 3.8) is 0 Å². The molecule has 0 aromatic carbocycles. The van der Waals surface area contributed by atoms with Crippen molar-refractivity contribution in [3.8, 4) is 0 Å². The van der Waals surface area contributed by atoms with Crippen LogP contribution in [0.5, 0.6) is 0 Å². The summed E-state index contributed by atoms with van der Waals surface area (Å²) in [4.78, 5) is 0. The average Bonchev–Trinajstić information content (AvgIpc) is 2.44. The van der Waals surface area contributed by atoms with Crippen molar-refractivity contribution >= 4 is 21.1 Å². The fourth-order valence-corrected chi connectivity index (χ4v) is 7.96. The van der Waals surface area contributed by atoms with Crippen molar-refractivity contribution in [3.05, 3.63) is 0 Å². The van der Waals surface area contributed by atoms with Crippen molar-refractivity contribution in [2.75, 3.05) is 13.2 Å². The average molecular weight is 375 g/mol. The van der Waals surface area contributed by atoms with E-state index in [1.165, 1.54) is 62.2 Å². The number of ether oxygens (including phenoxy) is 1. The van der Waals surface area contributed by atoms with Crippen LogP contribution in [0.4, 0.5) is 0 Å². The summed E-state index contributed by atoms with van der Waals surface area (Å²) in [6.45, 7) is 11.1. The van der Waals surface area contributed by atoms with Crippen LogP contribution in [0, 0.1) is 0 Å². The van der Waals surface area contributed by atoms with Gasteiger partial charge in [-0.3, -0.25) is 0 Å². The van der Waals surface area contributed by atoms with Gasteiger partial charge in [-0.1, -0.05) is 0 Å². The summed E-state index contributed by atoms with van der Waals surface area (Å²) in [5.74, 6) is 0. The molecule has 114 valence electrons. The van der Waals surface area contributed by atoms with Crippen molar-refractivity contribution in [2.24, 2.45) is 0 Å². The van der Waals surface area contributed by atoms with E-state index in [0.29, 0.717) is 0 Å². The van der Waals surface area contributed by atoms with Gasteiger partial charge in [0, 0.05) is 0 Å². The van der Waals surface area contributed by atoms with E-state index in [9.17, 15) is 0 Å². The van der Waals surface area contributed by atoms with Gasteiger partial charge in [-0.25, -0.2) is 0 Å². The van der Waals surface area contributed by atoms with Crippen molar-refractivity contribution in [2.45, 2.75) is 93.3 Å². The zero-order valence-corrected chi connectivity index (χ0v) is 16.7. The molecule has 0 aromatic rings. The molecule has 0 saturated heterocycles. The van der Waals surface area contributed by atoms with Gasteiger partial charge >= 0.3 is 132 Å². The topological polar surface area (TPSA) is 9.23 Å². The maximum atomic E-state index is 5.58. The Bertz CT molecular complexity index is 160. The Hall–Kier alpha value is 0.759. The first kappa shape index (κ1) is 19.8. The second kappa shape index (κ2) is 13.7. The Morgan fingerprint density at radius 3 is 1.63 bits per heavy atom. The molecule has 0 N–H and O–H groups in total. The van der Waals surface area contributed by atoms with Crippen LogP contribution in [0.2, 0.25) is 7.87 Å². The SMILES string of the molecule is CCCC[C](CCCC)(CCCC)[Sn][CH2]COCC. The third kappa shape index (κ3) is 10.2. The van der Waals surface area contributed by atoms with Crippen LogP contribution in [-0.2, 0) is 4.74 Å². The van der Waals surface area contributed by atoms with E-state index in [2.05, 4.69) is 27.7 Å². The quantitative estimate of drug-likeness (QED) is 0.272. The summed E-state index contributed by atoms with van der Waals surface area (Å²) in [5.41, 5.74) is 0. The molecule has 2 heteroatoms. The van der Waals surface area contributed by atoms with Gasteiger partial charge < -0.3 is 0 Å². The Kier molecular flexibility index (Phi) is 14.3. The third-order valence-corrected chi connectivity index (χ3v) is 9.55. The Balaban J connectivity index is 4.38. The zero-order chi connectivity index (χ0) is 14.4. The van der Waals surface area contributed by atoms with E-state index in [1.54, 1.807) is 0 Å². The Labute approximate surface area is 132 Å². The van der Waals surface area contributed by atoms with E-state index in [0.717, 1.165) is 16.6 Å². The summed E-state index contributed by atoms with van der Waals surface area (Å²) in [6, 6.07) is 0. The van der Waals surface area contributed by atoms with Gasteiger partial charge in [-0.15, -0.1) is 0 Å². The molecule has 0 bridgehead atoms. The molecular formula is C17H36OSn.